The minimum absolute atomic E-state index is 0.0568. The molecular formula is C14H17ClN2O3S. The van der Waals surface area contributed by atoms with Crippen LogP contribution >= 0.6 is 11.6 Å². The Balaban J connectivity index is 2.11. The highest BCUT2D eigenvalue weighted by Crippen LogP contribution is 2.23. The van der Waals surface area contributed by atoms with E-state index < -0.39 is 10.0 Å². The molecule has 5 nitrogen and oxygen atoms in total. The Bertz CT molecular complexity index is 659. The summed E-state index contributed by atoms with van der Waals surface area (Å²) in [5.74, 6) is 5.72. The Morgan fingerprint density at radius 1 is 1.48 bits per heavy atom. The third-order valence-corrected chi connectivity index (χ3v) is 5.05. The number of ether oxygens (including phenoxy) is 1. The molecule has 2 rings (SSSR count). The van der Waals surface area contributed by atoms with Gasteiger partial charge in [-0.05, 0) is 30.5 Å². The topological polar surface area (TPSA) is 81.4 Å². The predicted molar refractivity (Wildman–Crippen MR) is 81.5 cm³/mol. The highest BCUT2D eigenvalue weighted by Gasteiger charge is 2.22. The van der Waals surface area contributed by atoms with Crippen LogP contribution in [0, 0.1) is 17.8 Å². The molecule has 0 radical (unpaired) electrons. The first-order valence-electron chi connectivity index (χ1n) is 6.59. The second-order valence-corrected chi connectivity index (χ2v) is 6.88. The van der Waals surface area contributed by atoms with E-state index >= 15 is 0 Å². The molecule has 0 spiro atoms. The van der Waals surface area contributed by atoms with Gasteiger partial charge in [0.1, 0.15) is 4.90 Å². The molecule has 1 aliphatic heterocycles. The minimum Gasteiger partial charge on any atom is -0.381 e. The van der Waals surface area contributed by atoms with Crippen molar-refractivity contribution in [2.24, 2.45) is 11.7 Å². The minimum atomic E-state index is -3.63. The SMILES string of the molecule is NCC#Cc1ccc(S(=O)(=O)NCC2CCOC2)c(Cl)c1. The number of hydrogen-bond donors (Lipinski definition) is 2. The molecule has 1 aromatic rings. The number of rotatable bonds is 4. The van der Waals surface area contributed by atoms with Crippen LogP contribution in [0.1, 0.15) is 12.0 Å². The van der Waals surface area contributed by atoms with E-state index in [1.807, 2.05) is 0 Å². The Hall–Kier alpha value is -1.10. The summed E-state index contributed by atoms with van der Waals surface area (Å²) in [6.07, 6.45) is 0.865. The number of benzene rings is 1. The molecule has 0 aliphatic carbocycles. The van der Waals surface area contributed by atoms with Gasteiger partial charge in [-0.1, -0.05) is 23.4 Å². The summed E-state index contributed by atoms with van der Waals surface area (Å²) >= 11 is 6.05. The molecule has 1 atom stereocenters. The highest BCUT2D eigenvalue weighted by atomic mass is 35.5. The second-order valence-electron chi connectivity index (χ2n) is 4.73. The molecule has 1 unspecified atom stereocenters. The van der Waals surface area contributed by atoms with Crippen LogP contribution in [0.3, 0.4) is 0 Å². The van der Waals surface area contributed by atoms with Crippen LogP contribution in [0.15, 0.2) is 23.1 Å². The van der Waals surface area contributed by atoms with Gasteiger partial charge >= 0.3 is 0 Å². The monoisotopic (exact) mass is 328 g/mol. The molecule has 0 amide bonds. The second kappa shape index (κ2) is 7.25. The molecule has 7 heteroatoms. The van der Waals surface area contributed by atoms with E-state index in [9.17, 15) is 8.42 Å². The summed E-state index contributed by atoms with van der Waals surface area (Å²) in [4.78, 5) is 0.0568. The normalized spacial score (nSPS) is 18.3. The Kier molecular flexibility index (Phi) is 5.62. The van der Waals surface area contributed by atoms with Crippen LogP contribution in [0.2, 0.25) is 5.02 Å². The zero-order chi connectivity index (χ0) is 15.3. The van der Waals surface area contributed by atoms with Gasteiger partial charge in [0.2, 0.25) is 10.0 Å². The van der Waals surface area contributed by atoms with Crippen molar-refractivity contribution in [2.45, 2.75) is 11.3 Å². The van der Waals surface area contributed by atoms with Crippen molar-refractivity contribution in [2.75, 3.05) is 26.3 Å². The number of sulfonamides is 1. The smallest absolute Gasteiger partial charge is 0.242 e. The van der Waals surface area contributed by atoms with Crippen molar-refractivity contribution < 1.29 is 13.2 Å². The lowest BCUT2D eigenvalue weighted by Crippen LogP contribution is -2.29. The molecule has 3 N–H and O–H groups in total. The van der Waals surface area contributed by atoms with E-state index in [1.165, 1.54) is 12.1 Å². The first-order valence-corrected chi connectivity index (χ1v) is 8.45. The first-order chi connectivity index (χ1) is 10.0. The van der Waals surface area contributed by atoms with Crippen LogP contribution in [0.4, 0.5) is 0 Å². The van der Waals surface area contributed by atoms with Gasteiger partial charge < -0.3 is 10.5 Å². The van der Waals surface area contributed by atoms with Gasteiger partial charge in [0.15, 0.2) is 0 Å². The number of halogens is 1. The van der Waals surface area contributed by atoms with Crippen LogP contribution in [-0.2, 0) is 14.8 Å². The lowest BCUT2D eigenvalue weighted by atomic mass is 10.1. The highest BCUT2D eigenvalue weighted by molar-refractivity contribution is 7.89. The van der Waals surface area contributed by atoms with Gasteiger partial charge in [-0.3, -0.25) is 0 Å². The summed E-state index contributed by atoms with van der Waals surface area (Å²) in [6, 6.07) is 4.59. The van der Waals surface area contributed by atoms with Crippen molar-refractivity contribution in [1.29, 1.82) is 0 Å². The third-order valence-electron chi connectivity index (χ3n) is 3.14. The lowest BCUT2D eigenvalue weighted by Gasteiger charge is -2.11. The van der Waals surface area contributed by atoms with Gasteiger partial charge in [0, 0.05) is 18.7 Å². The third kappa shape index (κ3) is 4.43. The molecule has 0 saturated carbocycles. The van der Waals surface area contributed by atoms with Gasteiger partial charge in [-0.15, -0.1) is 0 Å². The summed E-state index contributed by atoms with van der Waals surface area (Å²) in [7, 11) is -3.63. The zero-order valence-corrected chi connectivity index (χ0v) is 13.0. The zero-order valence-electron chi connectivity index (χ0n) is 11.4. The van der Waals surface area contributed by atoms with Gasteiger partial charge in [-0.2, -0.15) is 0 Å². The Morgan fingerprint density at radius 2 is 2.29 bits per heavy atom. The van der Waals surface area contributed by atoms with Crippen LogP contribution in [0.25, 0.3) is 0 Å². The fraction of sp³-hybridized carbons (Fsp3) is 0.429. The van der Waals surface area contributed by atoms with Crippen molar-refractivity contribution in [3.63, 3.8) is 0 Å². The maximum Gasteiger partial charge on any atom is 0.242 e. The van der Waals surface area contributed by atoms with Gasteiger partial charge in [0.05, 0.1) is 18.2 Å². The lowest BCUT2D eigenvalue weighted by molar-refractivity contribution is 0.186. The molecule has 1 saturated heterocycles. The standard InChI is InChI=1S/C14H17ClN2O3S/c15-13-8-11(2-1-6-16)3-4-14(13)21(18,19)17-9-12-5-7-20-10-12/h3-4,8,12,17H,5-7,9-10,16H2. The largest absolute Gasteiger partial charge is 0.381 e. The van der Waals surface area contributed by atoms with E-state index in [-0.39, 0.29) is 22.4 Å². The maximum atomic E-state index is 12.2. The first kappa shape index (κ1) is 16.3. The van der Waals surface area contributed by atoms with Crippen molar-refractivity contribution in [3.05, 3.63) is 28.8 Å². The average molecular weight is 329 g/mol. The molecule has 1 fully saturated rings. The predicted octanol–water partition coefficient (Wildman–Crippen LogP) is 0.965. The van der Waals surface area contributed by atoms with Crippen LogP contribution in [0.5, 0.6) is 0 Å². The van der Waals surface area contributed by atoms with Crippen LogP contribution in [-0.4, -0.2) is 34.7 Å². The van der Waals surface area contributed by atoms with Crippen molar-refractivity contribution in [1.82, 2.24) is 4.72 Å². The quantitative estimate of drug-likeness (QED) is 0.807. The number of hydrogen-bond acceptors (Lipinski definition) is 4. The molecule has 1 aliphatic rings. The Labute approximate surface area is 129 Å². The summed E-state index contributed by atoms with van der Waals surface area (Å²) < 4.78 is 32.3. The summed E-state index contributed by atoms with van der Waals surface area (Å²) in [5.41, 5.74) is 5.92. The molecule has 1 aromatic carbocycles. The number of nitrogens with two attached hydrogens (primary N) is 1. The molecule has 0 bridgehead atoms. The average Bonchev–Trinajstić information content (AvgIpc) is 2.96. The van der Waals surface area contributed by atoms with Crippen molar-refractivity contribution in [3.8, 4) is 11.8 Å². The van der Waals surface area contributed by atoms with E-state index in [4.69, 9.17) is 22.1 Å². The van der Waals surface area contributed by atoms with E-state index in [2.05, 4.69) is 16.6 Å². The van der Waals surface area contributed by atoms with Crippen LogP contribution < -0.4 is 10.5 Å². The summed E-state index contributed by atoms with van der Waals surface area (Å²) in [6.45, 7) is 1.86. The summed E-state index contributed by atoms with van der Waals surface area (Å²) in [5, 5.41) is 0.147. The van der Waals surface area contributed by atoms with Gasteiger partial charge in [-0.25, -0.2) is 13.1 Å². The molecule has 1 heterocycles. The van der Waals surface area contributed by atoms with E-state index in [0.29, 0.717) is 25.3 Å². The van der Waals surface area contributed by atoms with Crippen molar-refractivity contribution >= 4 is 21.6 Å². The Morgan fingerprint density at radius 3 is 2.90 bits per heavy atom. The van der Waals surface area contributed by atoms with Gasteiger partial charge in [0.25, 0.3) is 0 Å². The molecule has 114 valence electrons. The number of nitrogens with one attached hydrogen (secondary N) is 1. The van der Waals surface area contributed by atoms with E-state index in [1.54, 1.807) is 6.07 Å². The van der Waals surface area contributed by atoms with E-state index in [0.717, 1.165) is 6.42 Å². The fourth-order valence-corrected chi connectivity index (χ4v) is 3.66. The molecule has 21 heavy (non-hydrogen) atoms. The molecular weight excluding hydrogens is 312 g/mol. The fourth-order valence-electron chi connectivity index (χ4n) is 2.00. The maximum absolute atomic E-state index is 12.2. The molecule has 0 aromatic heterocycles.